The molecule has 0 saturated carbocycles. The Bertz CT molecular complexity index is 692. The molecule has 1 N–H and O–H groups in total. The van der Waals surface area contributed by atoms with Crippen molar-refractivity contribution in [2.24, 2.45) is 0 Å². The lowest BCUT2D eigenvalue weighted by molar-refractivity contribution is 0.302. The molecule has 0 saturated heterocycles. The number of ether oxygens (including phenoxy) is 1. The summed E-state index contributed by atoms with van der Waals surface area (Å²) in [5.74, 6) is 0.815. The van der Waals surface area contributed by atoms with E-state index < -0.39 is 0 Å². The number of rotatable bonds is 9. The highest BCUT2D eigenvalue weighted by Crippen LogP contribution is 2.26. The van der Waals surface area contributed by atoms with Gasteiger partial charge in [-0.05, 0) is 69.5 Å². The zero-order valence-corrected chi connectivity index (χ0v) is 16.8. The largest absolute Gasteiger partial charge is 0.489 e. The summed E-state index contributed by atoms with van der Waals surface area (Å²) >= 11 is 18.1. The van der Waals surface area contributed by atoms with Crippen LogP contribution in [-0.4, -0.2) is 32.1 Å². The Hall–Kier alpha value is -0.970. The van der Waals surface area contributed by atoms with Crippen molar-refractivity contribution in [3.63, 3.8) is 0 Å². The molecular weight excluding hydrogens is 379 g/mol. The van der Waals surface area contributed by atoms with Gasteiger partial charge in [0.15, 0.2) is 0 Å². The lowest BCUT2D eigenvalue weighted by atomic mass is 10.2. The molecular formula is C19H23Cl3N2O. The summed E-state index contributed by atoms with van der Waals surface area (Å²) in [4.78, 5) is 2.17. The molecule has 0 aliphatic heterocycles. The van der Waals surface area contributed by atoms with Crippen molar-refractivity contribution < 1.29 is 4.74 Å². The van der Waals surface area contributed by atoms with Crippen molar-refractivity contribution in [1.82, 2.24) is 10.2 Å². The molecule has 6 heteroatoms. The zero-order valence-electron chi connectivity index (χ0n) is 14.5. The van der Waals surface area contributed by atoms with E-state index >= 15 is 0 Å². The second-order valence-electron chi connectivity index (χ2n) is 6.12. The Kier molecular flexibility index (Phi) is 8.34. The molecule has 0 radical (unpaired) electrons. The number of benzene rings is 2. The fourth-order valence-electron chi connectivity index (χ4n) is 2.36. The van der Waals surface area contributed by atoms with Crippen molar-refractivity contribution in [2.45, 2.75) is 19.6 Å². The highest BCUT2D eigenvalue weighted by atomic mass is 35.5. The smallest absolute Gasteiger partial charge is 0.124 e. The Morgan fingerprint density at radius 2 is 1.80 bits per heavy atom. The second-order valence-corrected chi connectivity index (χ2v) is 7.37. The topological polar surface area (TPSA) is 24.5 Å². The molecule has 3 nitrogen and oxygen atoms in total. The molecule has 25 heavy (non-hydrogen) atoms. The van der Waals surface area contributed by atoms with E-state index in [9.17, 15) is 0 Å². The number of hydrogen-bond acceptors (Lipinski definition) is 3. The van der Waals surface area contributed by atoms with Gasteiger partial charge in [-0.1, -0.05) is 40.9 Å². The van der Waals surface area contributed by atoms with Crippen LogP contribution in [0.5, 0.6) is 5.75 Å². The van der Waals surface area contributed by atoms with E-state index in [-0.39, 0.29) is 0 Å². The van der Waals surface area contributed by atoms with Gasteiger partial charge in [-0.15, -0.1) is 0 Å². The van der Waals surface area contributed by atoms with Crippen LogP contribution in [0.3, 0.4) is 0 Å². The van der Waals surface area contributed by atoms with Gasteiger partial charge in [0.05, 0.1) is 10.0 Å². The lowest BCUT2D eigenvalue weighted by Crippen LogP contribution is -2.21. The van der Waals surface area contributed by atoms with E-state index in [4.69, 9.17) is 39.5 Å². The molecule has 0 aliphatic carbocycles. The van der Waals surface area contributed by atoms with Crippen LogP contribution in [0.15, 0.2) is 36.4 Å². The first-order chi connectivity index (χ1) is 12.0. The molecule has 0 amide bonds. The average molecular weight is 402 g/mol. The van der Waals surface area contributed by atoms with Gasteiger partial charge in [0.2, 0.25) is 0 Å². The predicted molar refractivity (Wildman–Crippen MR) is 107 cm³/mol. The molecule has 0 fully saturated rings. The van der Waals surface area contributed by atoms with Gasteiger partial charge >= 0.3 is 0 Å². The van der Waals surface area contributed by atoms with E-state index in [1.807, 2.05) is 30.3 Å². The minimum atomic E-state index is 0.423. The summed E-state index contributed by atoms with van der Waals surface area (Å²) in [5.41, 5.74) is 2.01. The molecule has 0 bridgehead atoms. The molecule has 0 unspecified atom stereocenters. The molecule has 0 atom stereocenters. The first kappa shape index (κ1) is 20.3. The zero-order chi connectivity index (χ0) is 18.2. The SMILES string of the molecule is CN(C)CCCNCc1cc(Cl)ccc1OCc1ccc(Cl)c(Cl)c1. The third kappa shape index (κ3) is 7.04. The quantitative estimate of drug-likeness (QED) is 0.579. The molecule has 2 aromatic rings. The molecule has 0 heterocycles. The van der Waals surface area contributed by atoms with Crippen LogP contribution in [0.1, 0.15) is 17.5 Å². The van der Waals surface area contributed by atoms with Crippen LogP contribution >= 0.6 is 34.8 Å². The summed E-state index contributed by atoms with van der Waals surface area (Å²) in [5, 5.41) is 5.21. The maximum Gasteiger partial charge on any atom is 0.124 e. The fraction of sp³-hybridized carbons (Fsp3) is 0.368. The summed E-state index contributed by atoms with van der Waals surface area (Å²) in [6.07, 6.45) is 1.09. The van der Waals surface area contributed by atoms with Crippen molar-refractivity contribution in [1.29, 1.82) is 0 Å². The predicted octanol–water partition coefficient (Wildman–Crippen LogP) is 5.27. The standard InChI is InChI=1S/C19H23Cl3N2O/c1-24(2)9-3-8-23-12-15-11-16(20)5-7-19(15)25-13-14-4-6-17(21)18(22)10-14/h4-7,10-11,23H,3,8-9,12-13H2,1-2H3. The number of nitrogens with one attached hydrogen (secondary N) is 1. The van der Waals surface area contributed by atoms with Gasteiger partial charge in [-0.25, -0.2) is 0 Å². The maximum atomic E-state index is 6.13. The van der Waals surface area contributed by atoms with Gasteiger partial charge in [0.25, 0.3) is 0 Å². The number of halogens is 3. The monoisotopic (exact) mass is 400 g/mol. The van der Waals surface area contributed by atoms with E-state index in [1.54, 1.807) is 6.07 Å². The van der Waals surface area contributed by atoms with Crippen LogP contribution in [0.25, 0.3) is 0 Å². The van der Waals surface area contributed by atoms with E-state index in [0.717, 1.165) is 36.4 Å². The van der Waals surface area contributed by atoms with Gasteiger partial charge in [-0.2, -0.15) is 0 Å². The first-order valence-corrected chi connectivity index (χ1v) is 9.29. The van der Waals surface area contributed by atoms with Crippen molar-refractivity contribution in [3.05, 3.63) is 62.6 Å². The fourth-order valence-corrected chi connectivity index (χ4v) is 2.88. The third-order valence-corrected chi connectivity index (χ3v) is 4.65. The van der Waals surface area contributed by atoms with Crippen LogP contribution in [0.2, 0.25) is 15.1 Å². The van der Waals surface area contributed by atoms with Gasteiger partial charge < -0.3 is 15.0 Å². The average Bonchev–Trinajstić information content (AvgIpc) is 2.56. The molecule has 0 aromatic heterocycles. The van der Waals surface area contributed by atoms with Gasteiger partial charge in [0.1, 0.15) is 12.4 Å². The van der Waals surface area contributed by atoms with Gasteiger partial charge in [0, 0.05) is 17.1 Å². The Labute approximate surface area is 164 Å². The molecule has 0 spiro atoms. The number of nitrogens with zero attached hydrogens (tertiary/aromatic N) is 1. The Morgan fingerprint density at radius 3 is 2.52 bits per heavy atom. The maximum absolute atomic E-state index is 6.13. The summed E-state index contributed by atoms with van der Waals surface area (Å²) in [7, 11) is 4.15. The van der Waals surface area contributed by atoms with Crippen molar-refractivity contribution in [2.75, 3.05) is 27.2 Å². The summed E-state index contributed by atoms with van der Waals surface area (Å²) in [6, 6.07) is 11.2. The minimum Gasteiger partial charge on any atom is -0.489 e. The highest BCUT2D eigenvalue weighted by Gasteiger charge is 2.07. The van der Waals surface area contributed by atoms with Crippen LogP contribution in [-0.2, 0) is 13.2 Å². The molecule has 2 rings (SSSR count). The van der Waals surface area contributed by atoms with Crippen LogP contribution in [0, 0.1) is 0 Å². The first-order valence-electron chi connectivity index (χ1n) is 8.16. The normalized spacial score (nSPS) is 11.1. The minimum absolute atomic E-state index is 0.423. The van der Waals surface area contributed by atoms with Crippen molar-refractivity contribution in [3.8, 4) is 5.75 Å². The lowest BCUT2D eigenvalue weighted by Gasteiger charge is -2.14. The van der Waals surface area contributed by atoms with E-state index in [0.29, 0.717) is 28.2 Å². The molecule has 2 aromatic carbocycles. The summed E-state index contributed by atoms with van der Waals surface area (Å²) < 4.78 is 5.96. The molecule has 0 aliphatic rings. The Morgan fingerprint density at radius 1 is 1.00 bits per heavy atom. The van der Waals surface area contributed by atoms with Crippen LogP contribution in [0.4, 0.5) is 0 Å². The second kappa shape index (κ2) is 10.2. The Balaban J connectivity index is 1.94. The van der Waals surface area contributed by atoms with E-state index in [2.05, 4.69) is 24.3 Å². The van der Waals surface area contributed by atoms with E-state index in [1.165, 1.54) is 0 Å². The van der Waals surface area contributed by atoms with Gasteiger partial charge in [-0.3, -0.25) is 0 Å². The molecule has 136 valence electrons. The van der Waals surface area contributed by atoms with Crippen molar-refractivity contribution >= 4 is 34.8 Å². The third-order valence-electron chi connectivity index (χ3n) is 3.68. The highest BCUT2D eigenvalue weighted by molar-refractivity contribution is 6.42. The van der Waals surface area contributed by atoms with Crippen LogP contribution < -0.4 is 10.1 Å². The summed E-state index contributed by atoms with van der Waals surface area (Å²) in [6.45, 7) is 3.14. The number of hydrogen-bond donors (Lipinski definition) is 1.